The van der Waals surface area contributed by atoms with Crippen molar-refractivity contribution < 1.29 is 9.53 Å². The molecule has 1 aliphatic rings. The van der Waals surface area contributed by atoms with Crippen LogP contribution in [0.4, 0.5) is 0 Å². The molecule has 7 heteroatoms. The van der Waals surface area contributed by atoms with Gasteiger partial charge in [0.25, 0.3) is 0 Å². The Labute approximate surface area is 147 Å². The third-order valence-electron chi connectivity index (χ3n) is 3.64. The Morgan fingerprint density at radius 1 is 1.41 bits per heavy atom. The van der Waals surface area contributed by atoms with Gasteiger partial charge in [0.15, 0.2) is 0 Å². The highest BCUT2D eigenvalue weighted by Crippen LogP contribution is 2.30. The van der Waals surface area contributed by atoms with Crippen molar-refractivity contribution >= 4 is 41.5 Å². The Kier molecular flexibility index (Phi) is 7.94. The molecule has 22 heavy (non-hydrogen) atoms. The molecule has 0 spiro atoms. The summed E-state index contributed by atoms with van der Waals surface area (Å²) in [6.45, 7) is 0.884. The van der Waals surface area contributed by atoms with Gasteiger partial charge in [0.1, 0.15) is 0 Å². The van der Waals surface area contributed by atoms with E-state index >= 15 is 0 Å². The molecule has 1 atom stereocenters. The van der Waals surface area contributed by atoms with Gasteiger partial charge in [-0.2, -0.15) is 0 Å². The van der Waals surface area contributed by atoms with Crippen LogP contribution < -0.4 is 5.73 Å². The van der Waals surface area contributed by atoms with Gasteiger partial charge >= 0.3 is 0 Å². The fourth-order valence-corrected chi connectivity index (χ4v) is 2.54. The van der Waals surface area contributed by atoms with Crippen LogP contribution in [-0.4, -0.2) is 36.6 Å². The van der Waals surface area contributed by atoms with Gasteiger partial charge in [0.05, 0.1) is 22.6 Å². The topological polar surface area (TPSA) is 55.6 Å². The van der Waals surface area contributed by atoms with Gasteiger partial charge in [-0.1, -0.05) is 29.3 Å². The molecule has 2 rings (SSSR count). The summed E-state index contributed by atoms with van der Waals surface area (Å²) in [6.07, 6.45) is 2.18. The van der Waals surface area contributed by atoms with E-state index in [2.05, 4.69) is 0 Å². The van der Waals surface area contributed by atoms with Crippen LogP contribution in [0, 0.1) is 0 Å². The molecule has 1 fully saturated rings. The van der Waals surface area contributed by atoms with Gasteiger partial charge in [-0.15, -0.1) is 12.4 Å². The lowest BCUT2D eigenvalue weighted by atomic mass is 10.1. The Morgan fingerprint density at radius 2 is 2.09 bits per heavy atom. The van der Waals surface area contributed by atoms with Crippen molar-refractivity contribution in [3.8, 4) is 0 Å². The van der Waals surface area contributed by atoms with Crippen LogP contribution in [-0.2, 0) is 16.1 Å². The second-order valence-electron chi connectivity index (χ2n) is 5.30. The normalized spacial score (nSPS) is 15.1. The quantitative estimate of drug-likeness (QED) is 0.804. The molecule has 124 valence electrons. The van der Waals surface area contributed by atoms with E-state index < -0.39 is 0 Å². The van der Waals surface area contributed by atoms with E-state index in [0.717, 1.165) is 18.4 Å². The van der Waals surface area contributed by atoms with Crippen molar-refractivity contribution in [2.75, 3.05) is 13.7 Å². The second kappa shape index (κ2) is 8.94. The van der Waals surface area contributed by atoms with Crippen LogP contribution in [0.2, 0.25) is 10.0 Å². The monoisotopic (exact) mass is 366 g/mol. The predicted octanol–water partition coefficient (Wildman–Crippen LogP) is 3.27. The molecule has 1 amide bonds. The number of nitrogens with two attached hydrogens (primary N) is 1. The first-order chi connectivity index (χ1) is 10.0. The number of carbonyl (C=O) groups excluding carboxylic acids is 1. The van der Waals surface area contributed by atoms with Gasteiger partial charge in [0.2, 0.25) is 5.91 Å². The number of methoxy groups -OCH3 is 1. The smallest absolute Gasteiger partial charge is 0.225 e. The lowest BCUT2D eigenvalue weighted by Gasteiger charge is -2.24. The average molecular weight is 368 g/mol. The fraction of sp³-hybridized carbons (Fsp3) is 0.533. The van der Waals surface area contributed by atoms with E-state index in [9.17, 15) is 4.79 Å². The molecule has 0 heterocycles. The first kappa shape index (κ1) is 19.5. The van der Waals surface area contributed by atoms with Gasteiger partial charge < -0.3 is 15.4 Å². The minimum absolute atomic E-state index is 0. The maximum Gasteiger partial charge on any atom is 0.225 e. The standard InChI is InChI=1S/C15H20Cl2N2O2.ClH/c1-21-12(8-18)7-15(20)19(11-3-4-11)9-10-2-5-13(16)14(17)6-10;/h2,5-6,11-12H,3-4,7-9,18H2,1H3;1H. The summed E-state index contributed by atoms with van der Waals surface area (Å²) in [6, 6.07) is 5.78. The lowest BCUT2D eigenvalue weighted by molar-refractivity contribution is -0.134. The van der Waals surface area contributed by atoms with Crippen LogP contribution in [0.15, 0.2) is 18.2 Å². The summed E-state index contributed by atoms with van der Waals surface area (Å²) in [7, 11) is 1.57. The van der Waals surface area contributed by atoms with Crippen LogP contribution in [0.3, 0.4) is 0 Å². The molecule has 2 N–H and O–H groups in total. The van der Waals surface area contributed by atoms with Gasteiger partial charge in [-0.3, -0.25) is 4.79 Å². The molecule has 0 aliphatic heterocycles. The average Bonchev–Trinajstić information content (AvgIpc) is 3.30. The molecule has 1 aliphatic carbocycles. The molecule has 1 saturated carbocycles. The third-order valence-corrected chi connectivity index (χ3v) is 4.38. The fourth-order valence-electron chi connectivity index (χ4n) is 2.22. The largest absolute Gasteiger partial charge is 0.380 e. The molecule has 0 aromatic heterocycles. The minimum atomic E-state index is -0.229. The van der Waals surface area contributed by atoms with Crippen LogP contribution in [0.1, 0.15) is 24.8 Å². The molecule has 0 radical (unpaired) electrons. The zero-order valence-electron chi connectivity index (χ0n) is 12.4. The SMILES string of the molecule is COC(CN)CC(=O)N(Cc1ccc(Cl)c(Cl)c1)C1CC1.Cl. The molecule has 0 bridgehead atoms. The molecule has 4 nitrogen and oxygen atoms in total. The molecular formula is C15H21Cl3N2O2. The summed E-state index contributed by atoms with van der Waals surface area (Å²) in [5.41, 5.74) is 6.56. The highest BCUT2D eigenvalue weighted by Gasteiger charge is 2.33. The summed E-state index contributed by atoms with van der Waals surface area (Å²) >= 11 is 11.9. The lowest BCUT2D eigenvalue weighted by Crippen LogP contribution is -2.37. The number of amides is 1. The first-order valence-electron chi connectivity index (χ1n) is 7.01. The Hall–Kier alpha value is -0.520. The zero-order chi connectivity index (χ0) is 15.4. The molecule has 1 unspecified atom stereocenters. The Morgan fingerprint density at radius 3 is 2.59 bits per heavy atom. The van der Waals surface area contributed by atoms with Crippen molar-refractivity contribution in [3.05, 3.63) is 33.8 Å². The highest BCUT2D eigenvalue weighted by molar-refractivity contribution is 6.42. The van der Waals surface area contributed by atoms with Crippen molar-refractivity contribution in [1.29, 1.82) is 0 Å². The number of rotatable bonds is 7. The van der Waals surface area contributed by atoms with E-state index in [4.69, 9.17) is 33.7 Å². The van der Waals surface area contributed by atoms with Crippen molar-refractivity contribution in [1.82, 2.24) is 4.90 Å². The van der Waals surface area contributed by atoms with E-state index in [0.29, 0.717) is 35.6 Å². The van der Waals surface area contributed by atoms with Crippen molar-refractivity contribution in [3.63, 3.8) is 0 Å². The molecule has 1 aromatic carbocycles. The van der Waals surface area contributed by atoms with E-state index in [1.54, 1.807) is 13.2 Å². The van der Waals surface area contributed by atoms with E-state index in [1.165, 1.54) is 0 Å². The number of carbonyl (C=O) groups is 1. The van der Waals surface area contributed by atoms with Crippen LogP contribution in [0.5, 0.6) is 0 Å². The third kappa shape index (κ3) is 5.28. The van der Waals surface area contributed by atoms with Crippen LogP contribution in [0.25, 0.3) is 0 Å². The van der Waals surface area contributed by atoms with E-state index in [1.807, 2.05) is 17.0 Å². The van der Waals surface area contributed by atoms with Gasteiger partial charge in [0, 0.05) is 26.2 Å². The number of hydrogen-bond acceptors (Lipinski definition) is 3. The summed E-state index contributed by atoms with van der Waals surface area (Å²) in [4.78, 5) is 14.3. The van der Waals surface area contributed by atoms with Crippen LogP contribution >= 0.6 is 35.6 Å². The maximum atomic E-state index is 12.4. The Bertz CT molecular complexity index is 506. The molecule has 1 aromatic rings. The zero-order valence-corrected chi connectivity index (χ0v) is 14.8. The van der Waals surface area contributed by atoms with Crippen molar-refractivity contribution in [2.24, 2.45) is 5.73 Å². The van der Waals surface area contributed by atoms with E-state index in [-0.39, 0.29) is 24.4 Å². The summed E-state index contributed by atoms with van der Waals surface area (Å²) in [5.74, 6) is 0.0703. The number of hydrogen-bond donors (Lipinski definition) is 1. The molecule has 0 saturated heterocycles. The minimum Gasteiger partial charge on any atom is -0.380 e. The maximum absolute atomic E-state index is 12.4. The highest BCUT2D eigenvalue weighted by atomic mass is 35.5. The van der Waals surface area contributed by atoms with Gasteiger partial charge in [-0.05, 0) is 30.5 Å². The second-order valence-corrected chi connectivity index (χ2v) is 6.11. The van der Waals surface area contributed by atoms with Gasteiger partial charge in [-0.25, -0.2) is 0 Å². The number of nitrogens with zero attached hydrogens (tertiary/aromatic N) is 1. The predicted molar refractivity (Wildman–Crippen MR) is 91.8 cm³/mol. The van der Waals surface area contributed by atoms with Crippen molar-refractivity contribution in [2.45, 2.75) is 38.0 Å². The summed E-state index contributed by atoms with van der Waals surface area (Å²) in [5, 5.41) is 1.03. The summed E-state index contributed by atoms with van der Waals surface area (Å²) < 4.78 is 5.19. The first-order valence-corrected chi connectivity index (χ1v) is 7.77. The molecular weight excluding hydrogens is 347 g/mol. The number of halogens is 3. The number of ether oxygens (including phenoxy) is 1. The Balaban J connectivity index is 0.00000242. The number of benzene rings is 1.